The maximum Gasteiger partial charge on any atom is 0.327 e. The van der Waals surface area contributed by atoms with E-state index in [1.54, 1.807) is 0 Å². The third kappa shape index (κ3) is 18.1. The molecule has 2 rings (SSSR count). The first kappa shape index (κ1) is 57.3. The molecule has 1 aromatic heterocycles. The van der Waals surface area contributed by atoms with E-state index in [0.717, 1.165) is 18.7 Å². The Morgan fingerprint density at radius 2 is 1.31 bits per heavy atom. The number of carbonyl (C=O) groups excluding carboxylic acids is 8. The fourth-order valence-electron chi connectivity index (χ4n) is 6.41. The Morgan fingerprint density at radius 3 is 1.84 bits per heavy atom. The third-order valence-electron chi connectivity index (χ3n) is 10.1. The second kappa shape index (κ2) is 28.4. The van der Waals surface area contributed by atoms with Crippen molar-refractivity contribution in [3.8, 4) is 0 Å². The molecule has 19 N–H and O–H groups in total. The minimum atomic E-state index is -1.83. The molecule has 0 unspecified atom stereocenters. The van der Waals surface area contributed by atoms with Gasteiger partial charge in [-0.1, -0.05) is 0 Å². The van der Waals surface area contributed by atoms with Crippen molar-refractivity contribution >= 4 is 84.4 Å². The SMILES string of the molecule is C[C@@H](O)[C@H](NC(=O)[C@H](CCCN=C(N)N)NC(=O)[C@@H](N)CS)C(=O)N[C@@H](Cc1cnc[nH]1)C(=O)N[C@@H](CO)C(=O)N[C@@H](CO)C(=O)N1CCC[C@H]1C(=O)N[C@H](C(=O)N[C@@H](CS)C(=O)O)[C@@H](C)O. The summed E-state index contributed by atoms with van der Waals surface area (Å²) in [6, 6.07) is -13.7. The number of carbonyl (C=O) groups is 9. The zero-order valence-corrected chi connectivity index (χ0v) is 38.5. The highest BCUT2D eigenvalue weighted by atomic mass is 32.1. The van der Waals surface area contributed by atoms with E-state index in [2.05, 4.69) is 77.4 Å². The number of likely N-dealkylation sites (tertiary alicyclic amines) is 1. The molecule has 0 spiro atoms. The topological polar surface area (TPSA) is 461 Å². The lowest BCUT2D eigenvalue weighted by atomic mass is 10.1. The maximum absolute atomic E-state index is 13.8. The minimum Gasteiger partial charge on any atom is -0.480 e. The van der Waals surface area contributed by atoms with Crippen LogP contribution in [0.3, 0.4) is 0 Å². The summed E-state index contributed by atoms with van der Waals surface area (Å²) in [5.41, 5.74) is 16.8. The molecule has 0 saturated carbocycles. The summed E-state index contributed by atoms with van der Waals surface area (Å²) in [6.45, 7) is 0.220. The van der Waals surface area contributed by atoms with E-state index in [1.165, 1.54) is 12.5 Å². The van der Waals surface area contributed by atoms with Crippen molar-refractivity contribution in [2.45, 2.75) is 113 Å². The number of nitrogens with two attached hydrogens (primary N) is 3. The van der Waals surface area contributed by atoms with Gasteiger partial charge in [-0.2, -0.15) is 25.3 Å². The molecule has 376 valence electrons. The first-order chi connectivity index (χ1) is 31.6. The number of aliphatic imine (C=N–C) groups is 1. The van der Waals surface area contributed by atoms with Crippen LogP contribution >= 0.6 is 25.3 Å². The fraction of sp³-hybridized carbons (Fsp3) is 0.649. The number of nitrogens with one attached hydrogen (secondary N) is 8. The predicted molar refractivity (Wildman–Crippen MR) is 241 cm³/mol. The lowest BCUT2D eigenvalue weighted by molar-refractivity contribution is -0.144. The van der Waals surface area contributed by atoms with Crippen molar-refractivity contribution in [3.63, 3.8) is 0 Å². The standard InChI is InChI=1S/C37H62N14O14S2/c1-16(54)26(49-29(57)20(5-3-7-42-37(39)40)44-28(56)19(38)13-66)33(61)45-21(9-18-10-41-15-43-18)30(58)46-22(11-52)31(59)47-23(12-53)35(63)51-8-4-6-25(51)32(60)50-27(17(2)55)34(62)48-24(14-67)36(64)65/h10,15-17,19-27,52-55,66-67H,3-9,11-14,38H2,1-2H3,(H,41,43)(H,44,56)(H,45,61)(H,46,58)(H,47,59)(H,48,62)(H,49,57)(H,50,60)(H,64,65)(H4,39,40,42)/t16-,17-,19+,20+,21+,22+,23+,24+,25+,26+,27+/m1/s1. The van der Waals surface area contributed by atoms with Gasteiger partial charge in [0.05, 0.1) is 37.8 Å². The van der Waals surface area contributed by atoms with Gasteiger partial charge in [0.15, 0.2) is 5.96 Å². The average Bonchev–Trinajstić information content (AvgIpc) is 4.00. The number of rotatable bonds is 28. The van der Waals surface area contributed by atoms with Crippen molar-refractivity contribution in [1.29, 1.82) is 0 Å². The highest BCUT2D eigenvalue weighted by molar-refractivity contribution is 7.80. The normalized spacial score (nSPS) is 17.9. The molecular formula is C37H62N14O14S2. The molecule has 30 heteroatoms. The number of carboxylic acids is 1. The van der Waals surface area contributed by atoms with Gasteiger partial charge in [-0.3, -0.25) is 43.3 Å². The van der Waals surface area contributed by atoms with Crippen LogP contribution in [0.15, 0.2) is 17.5 Å². The van der Waals surface area contributed by atoms with Crippen LogP contribution < -0.4 is 54.4 Å². The van der Waals surface area contributed by atoms with Crippen molar-refractivity contribution in [2.24, 2.45) is 22.2 Å². The number of guanidine groups is 1. The van der Waals surface area contributed by atoms with Crippen LogP contribution in [0.1, 0.15) is 45.2 Å². The van der Waals surface area contributed by atoms with E-state index in [4.69, 9.17) is 17.2 Å². The van der Waals surface area contributed by atoms with Crippen LogP contribution in [-0.2, 0) is 49.6 Å². The summed E-state index contributed by atoms with van der Waals surface area (Å²) >= 11 is 7.86. The van der Waals surface area contributed by atoms with Crippen molar-refractivity contribution in [3.05, 3.63) is 18.2 Å². The quantitative estimate of drug-likeness (QED) is 0.0160. The van der Waals surface area contributed by atoms with Crippen molar-refractivity contribution in [2.75, 3.05) is 37.8 Å². The van der Waals surface area contributed by atoms with Gasteiger partial charge < -0.3 is 89.8 Å². The molecular weight excluding hydrogens is 929 g/mol. The van der Waals surface area contributed by atoms with Crippen molar-refractivity contribution < 1.29 is 68.7 Å². The molecule has 28 nitrogen and oxygen atoms in total. The van der Waals surface area contributed by atoms with Crippen LogP contribution in [0, 0.1) is 0 Å². The monoisotopic (exact) mass is 990 g/mol. The number of amides is 8. The molecule has 1 aliphatic rings. The highest BCUT2D eigenvalue weighted by Gasteiger charge is 2.41. The fourth-order valence-corrected chi connectivity index (χ4v) is 6.82. The number of imidazole rings is 1. The Hall–Kier alpha value is -5.79. The van der Waals surface area contributed by atoms with Crippen LogP contribution in [0.4, 0.5) is 0 Å². The van der Waals surface area contributed by atoms with Gasteiger partial charge in [0, 0.05) is 42.9 Å². The molecule has 1 fully saturated rings. The second-order valence-electron chi connectivity index (χ2n) is 15.4. The number of aliphatic carboxylic acids is 1. The average molecular weight is 991 g/mol. The first-order valence-electron chi connectivity index (χ1n) is 20.8. The smallest absolute Gasteiger partial charge is 0.327 e. The lowest BCUT2D eigenvalue weighted by Crippen LogP contribution is -2.62. The maximum atomic E-state index is 13.8. The molecule has 0 radical (unpaired) electrons. The molecule has 0 aliphatic carbocycles. The summed E-state index contributed by atoms with van der Waals surface area (Å²) < 4.78 is 0. The van der Waals surface area contributed by atoms with E-state index < -0.39 is 133 Å². The third-order valence-corrected chi connectivity index (χ3v) is 10.9. The number of hydrogen-bond donors (Lipinski definition) is 18. The number of H-pyrrole nitrogens is 1. The van der Waals surface area contributed by atoms with E-state index in [0.29, 0.717) is 0 Å². The van der Waals surface area contributed by atoms with E-state index in [-0.39, 0.29) is 68.4 Å². The number of nitrogens with zero attached hydrogens (tertiary/aromatic N) is 3. The summed E-state index contributed by atoms with van der Waals surface area (Å²) in [5, 5.41) is 66.6. The lowest BCUT2D eigenvalue weighted by Gasteiger charge is -2.30. The van der Waals surface area contributed by atoms with Crippen LogP contribution in [0.5, 0.6) is 0 Å². The van der Waals surface area contributed by atoms with Crippen LogP contribution in [-0.4, -0.2) is 204 Å². The number of aliphatic hydroxyl groups excluding tert-OH is 4. The second-order valence-corrected chi connectivity index (χ2v) is 16.1. The van der Waals surface area contributed by atoms with Gasteiger partial charge in [0.2, 0.25) is 47.3 Å². The van der Waals surface area contributed by atoms with E-state index in [1.807, 2.05) is 0 Å². The number of aliphatic hydroxyl groups is 4. The zero-order valence-electron chi connectivity index (χ0n) is 36.7. The molecule has 8 amide bonds. The summed E-state index contributed by atoms with van der Waals surface area (Å²) in [6.07, 6.45) is -0.444. The van der Waals surface area contributed by atoms with Gasteiger partial charge in [-0.25, -0.2) is 9.78 Å². The largest absolute Gasteiger partial charge is 0.480 e. The highest BCUT2D eigenvalue weighted by Crippen LogP contribution is 2.19. The van der Waals surface area contributed by atoms with Crippen molar-refractivity contribution in [1.82, 2.24) is 52.1 Å². The summed E-state index contributed by atoms with van der Waals surface area (Å²) in [5.74, 6) is -10.0. The van der Waals surface area contributed by atoms with E-state index >= 15 is 0 Å². The Bertz CT molecular complexity index is 1890. The Kier molecular flexibility index (Phi) is 24.3. The van der Waals surface area contributed by atoms with Crippen LogP contribution in [0.2, 0.25) is 0 Å². The molecule has 2 heterocycles. The number of hydrogen-bond acceptors (Lipinski definition) is 18. The van der Waals surface area contributed by atoms with Gasteiger partial charge in [-0.15, -0.1) is 0 Å². The first-order valence-corrected chi connectivity index (χ1v) is 22.1. The minimum absolute atomic E-state index is 0.0481. The molecule has 67 heavy (non-hydrogen) atoms. The van der Waals surface area contributed by atoms with Gasteiger partial charge in [-0.05, 0) is 39.5 Å². The molecule has 0 bridgehead atoms. The summed E-state index contributed by atoms with van der Waals surface area (Å²) in [4.78, 5) is 130. The van der Waals surface area contributed by atoms with E-state index in [9.17, 15) is 68.7 Å². The Labute approximate surface area is 395 Å². The number of carboxylic acid groups (broad SMARTS) is 1. The molecule has 1 aliphatic heterocycles. The van der Waals surface area contributed by atoms with Gasteiger partial charge in [0.1, 0.15) is 48.3 Å². The number of aromatic amines is 1. The van der Waals surface area contributed by atoms with Gasteiger partial charge >= 0.3 is 5.97 Å². The number of aromatic nitrogens is 2. The molecule has 0 aromatic carbocycles. The molecule has 1 saturated heterocycles. The predicted octanol–water partition coefficient (Wildman–Crippen LogP) is -8.59. The number of thiol groups is 2. The summed E-state index contributed by atoms with van der Waals surface area (Å²) in [7, 11) is 0. The zero-order chi connectivity index (χ0) is 50.5. The Balaban J connectivity index is 2.25. The van der Waals surface area contributed by atoms with Crippen LogP contribution in [0.25, 0.3) is 0 Å². The molecule has 11 atom stereocenters. The Morgan fingerprint density at radius 1 is 0.776 bits per heavy atom. The van der Waals surface area contributed by atoms with Gasteiger partial charge in [0.25, 0.3) is 0 Å². The molecule has 1 aromatic rings.